The first-order valence-corrected chi connectivity index (χ1v) is 14.2. The lowest BCUT2D eigenvalue weighted by Crippen LogP contribution is -2.21. The topological polar surface area (TPSA) is 230 Å². The van der Waals surface area contributed by atoms with Gasteiger partial charge in [-0.05, 0) is 51.8 Å². The van der Waals surface area contributed by atoms with E-state index in [1.807, 2.05) is 12.1 Å². The average molecular weight is 772 g/mol. The van der Waals surface area contributed by atoms with E-state index in [1.54, 1.807) is 30.3 Å². The van der Waals surface area contributed by atoms with Crippen LogP contribution < -0.4 is 34.4 Å². The van der Waals surface area contributed by atoms with Crippen LogP contribution in [0.2, 0.25) is 30.1 Å². The van der Waals surface area contributed by atoms with Crippen LogP contribution in [-0.2, 0) is 0 Å². The highest BCUT2D eigenvalue weighted by Gasteiger charge is 2.05. The molecular weight excluding hydrogens is 749 g/mol. The van der Waals surface area contributed by atoms with Crippen molar-refractivity contribution in [2.75, 3.05) is 0 Å². The fraction of sp³-hybridized carbons (Fsp3) is 0. The van der Waals surface area contributed by atoms with Crippen molar-refractivity contribution in [3.05, 3.63) is 99.8 Å². The molecule has 0 aromatic heterocycles. The normalized spacial score (nSPS) is 10.5. The molecule has 12 N–H and O–H groups in total. The molecule has 0 aliphatic heterocycles. The number of guanidine groups is 3. The Morgan fingerprint density at radius 2 is 1.09 bits per heavy atom. The fourth-order valence-electron chi connectivity index (χ4n) is 2.36. The van der Waals surface area contributed by atoms with Gasteiger partial charge in [-0.15, -0.1) is 15.3 Å². The maximum Gasteiger partial charge on any atom is 0.211 e. The van der Waals surface area contributed by atoms with Crippen LogP contribution in [0.5, 0.6) is 0 Å². The number of rotatable bonds is 6. The first-order valence-electron chi connectivity index (χ1n) is 11.1. The number of nitrogens with zero attached hydrogens (tertiary/aromatic N) is 6. The molecule has 0 amide bonds. The quantitative estimate of drug-likeness (QED) is 0.0812. The predicted octanol–water partition coefficient (Wildman–Crippen LogP) is 5.56. The van der Waals surface area contributed by atoms with E-state index in [9.17, 15) is 0 Å². The Hall–Kier alpha value is -3.30. The standard InChI is InChI=1S/C8H8BrClN4.C8H7Cl3N4.C8H8Cl2N4/c9-7-5(2-1-3-6(7)10)4-13-14-8(11)12;9-5-1-4(3-14-15-8(12)13)7(11)6(10)2-5;9-6-2-1-5(3-7(6)10)4-13-14-8(11)12/h1-4H,(H4,11,12,14);1-3H,(H4,12,13,15);1-4H,(H4,11,12,14)/b13-4+;14-3+;13-4+. The minimum atomic E-state index is -0.143. The zero-order valence-electron chi connectivity index (χ0n) is 21.6. The second kappa shape index (κ2) is 19.8. The Morgan fingerprint density at radius 3 is 1.63 bits per heavy atom. The van der Waals surface area contributed by atoms with Gasteiger partial charge in [-0.3, -0.25) is 0 Å². The molecule has 0 saturated carbocycles. The molecule has 3 aromatic rings. The van der Waals surface area contributed by atoms with E-state index in [0.717, 1.165) is 15.6 Å². The van der Waals surface area contributed by atoms with Crippen molar-refractivity contribution in [1.82, 2.24) is 0 Å². The Labute approximate surface area is 285 Å². The van der Waals surface area contributed by atoms with Gasteiger partial charge in [0.05, 0.1) is 43.8 Å². The van der Waals surface area contributed by atoms with Gasteiger partial charge < -0.3 is 34.4 Å². The number of hydrogen-bond donors (Lipinski definition) is 6. The maximum absolute atomic E-state index is 5.89. The smallest absolute Gasteiger partial charge is 0.211 e. The van der Waals surface area contributed by atoms with Crippen LogP contribution in [0.1, 0.15) is 16.7 Å². The third-order valence-electron chi connectivity index (χ3n) is 4.07. The van der Waals surface area contributed by atoms with Gasteiger partial charge in [0, 0.05) is 20.6 Å². The van der Waals surface area contributed by atoms with Crippen molar-refractivity contribution >= 4 is 122 Å². The van der Waals surface area contributed by atoms with E-state index in [4.69, 9.17) is 104 Å². The maximum atomic E-state index is 5.89. The number of halogens is 7. The van der Waals surface area contributed by atoms with Gasteiger partial charge in [-0.1, -0.05) is 87.8 Å². The van der Waals surface area contributed by atoms with Gasteiger partial charge in [-0.25, -0.2) is 0 Å². The van der Waals surface area contributed by atoms with Crippen molar-refractivity contribution in [2.24, 2.45) is 65.0 Å². The molecule has 0 spiro atoms. The summed E-state index contributed by atoms with van der Waals surface area (Å²) in [7, 11) is 0. The van der Waals surface area contributed by atoms with Crippen LogP contribution in [-0.4, -0.2) is 36.5 Å². The molecule has 3 rings (SSSR count). The summed E-state index contributed by atoms with van der Waals surface area (Å²) in [6, 6.07) is 13.6. The van der Waals surface area contributed by atoms with E-state index in [2.05, 4.69) is 46.5 Å². The molecule has 0 atom stereocenters. The van der Waals surface area contributed by atoms with E-state index < -0.39 is 0 Å². The minimum Gasteiger partial charge on any atom is -0.369 e. The zero-order chi connectivity index (χ0) is 32.5. The lowest BCUT2D eigenvalue weighted by atomic mass is 10.2. The Morgan fingerprint density at radius 1 is 0.558 bits per heavy atom. The van der Waals surface area contributed by atoms with Crippen LogP contribution in [0.25, 0.3) is 0 Å². The van der Waals surface area contributed by atoms with Gasteiger partial charge in [0.2, 0.25) is 17.9 Å². The molecule has 0 aliphatic carbocycles. The summed E-state index contributed by atoms with van der Waals surface area (Å²) in [5.41, 5.74) is 32.6. The van der Waals surface area contributed by atoms with Gasteiger partial charge in [0.1, 0.15) is 0 Å². The summed E-state index contributed by atoms with van der Waals surface area (Å²) in [6.07, 6.45) is 4.34. The zero-order valence-corrected chi connectivity index (χ0v) is 27.8. The molecular formula is C24H23BrCl6N12. The third-order valence-corrected chi connectivity index (χ3v) is 7.27. The highest BCUT2D eigenvalue weighted by molar-refractivity contribution is 9.10. The van der Waals surface area contributed by atoms with E-state index in [-0.39, 0.29) is 17.9 Å². The Balaban J connectivity index is 0.000000323. The SMILES string of the molecule is NC(N)=N/N=C/c1cc(Cl)cc(Cl)c1Cl.NC(N)=N/N=C/c1ccc(Cl)c(Cl)c1.NC(N)=N/N=C/c1cccc(Cl)c1Br. The van der Waals surface area contributed by atoms with Crippen LogP contribution >= 0.6 is 85.5 Å². The highest BCUT2D eigenvalue weighted by Crippen LogP contribution is 2.29. The fourth-order valence-corrected chi connectivity index (χ4v) is 3.88. The first kappa shape index (κ1) is 37.7. The largest absolute Gasteiger partial charge is 0.369 e. The van der Waals surface area contributed by atoms with E-state index in [1.165, 1.54) is 24.7 Å². The van der Waals surface area contributed by atoms with Gasteiger partial charge >= 0.3 is 0 Å². The first-order chi connectivity index (χ1) is 20.2. The number of hydrogen-bond acceptors (Lipinski definition) is 6. The number of nitrogens with two attached hydrogens (primary N) is 6. The highest BCUT2D eigenvalue weighted by atomic mass is 79.9. The molecule has 0 fully saturated rings. The van der Waals surface area contributed by atoms with Crippen molar-refractivity contribution in [3.8, 4) is 0 Å². The molecule has 0 bridgehead atoms. The van der Waals surface area contributed by atoms with Crippen molar-refractivity contribution < 1.29 is 0 Å². The molecule has 0 saturated heterocycles. The summed E-state index contributed by atoms with van der Waals surface area (Å²) in [5, 5.41) is 23.9. The Bertz CT molecular complexity index is 1560. The predicted molar refractivity (Wildman–Crippen MR) is 187 cm³/mol. The van der Waals surface area contributed by atoms with Crippen LogP contribution in [0.4, 0.5) is 0 Å². The van der Waals surface area contributed by atoms with Crippen molar-refractivity contribution in [1.29, 1.82) is 0 Å². The Kier molecular flexibility index (Phi) is 17.4. The lowest BCUT2D eigenvalue weighted by Gasteiger charge is -2.00. The van der Waals surface area contributed by atoms with Crippen LogP contribution in [0.15, 0.2) is 83.6 Å². The number of benzene rings is 3. The second-order valence-electron chi connectivity index (χ2n) is 7.42. The van der Waals surface area contributed by atoms with E-state index >= 15 is 0 Å². The molecule has 0 heterocycles. The molecule has 228 valence electrons. The lowest BCUT2D eigenvalue weighted by molar-refractivity contribution is 1.21. The van der Waals surface area contributed by atoms with Gasteiger partial charge in [-0.2, -0.15) is 15.3 Å². The molecule has 0 aliphatic rings. The summed E-state index contributed by atoms with van der Waals surface area (Å²) >= 11 is 38.1. The summed E-state index contributed by atoms with van der Waals surface area (Å²) < 4.78 is 0.760. The second-order valence-corrected chi connectivity index (χ2v) is 10.7. The summed E-state index contributed by atoms with van der Waals surface area (Å²) in [4.78, 5) is 0. The molecule has 0 radical (unpaired) electrons. The van der Waals surface area contributed by atoms with Crippen LogP contribution in [0, 0.1) is 0 Å². The monoisotopic (exact) mass is 768 g/mol. The third kappa shape index (κ3) is 15.7. The van der Waals surface area contributed by atoms with Crippen molar-refractivity contribution in [2.45, 2.75) is 0 Å². The van der Waals surface area contributed by atoms with Crippen molar-refractivity contribution in [3.63, 3.8) is 0 Å². The van der Waals surface area contributed by atoms with Crippen LogP contribution in [0.3, 0.4) is 0 Å². The molecule has 19 heteroatoms. The summed E-state index contributed by atoms with van der Waals surface area (Å²) in [5.74, 6) is -0.323. The summed E-state index contributed by atoms with van der Waals surface area (Å²) in [6.45, 7) is 0. The van der Waals surface area contributed by atoms with Gasteiger partial charge in [0.25, 0.3) is 0 Å². The molecule has 43 heavy (non-hydrogen) atoms. The molecule has 3 aromatic carbocycles. The minimum absolute atomic E-state index is 0.0839. The molecule has 12 nitrogen and oxygen atoms in total. The molecule has 0 unspecified atom stereocenters. The average Bonchev–Trinajstić information content (AvgIpc) is 2.91. The van der Waals surface area contributed by atoms with Gasteiger partial charge in [0.15, 0.2) is 0 Å². The van der Waals surface area contributed by atoms with E-state index in [0.29, 0.717) is 35.7 Å².